The van der Waals surface area contributed by atoms with Crippen LogP contribution in [0.3, 0.4) is 0 Å². The van der Waals surface area contributed by atoms with Gasteiger partial charge in [-0.05, 0) is 37.0 Å². The SMILES string of the molecule is CN=C(NCCCOCC1CCCO1)NCc1ccc(S(=O)(=O)N(C)C)cc1. The summed E-state index contributed by atoms with van der Waals surface area (Å²) in [6, 6.07) is 6.84. The predicted molar refractivity (Wildman–Crippen MR) is 110 cm³/mol. The van der Waals surface area contributed by atoms with E-state index in [1.807, 2.05) is 0 Å². The average molecular weight is 413 g/mol. The number of ether oxygens (including phenoxy) is 2. The smallest absolute Gasteiger partial charge is 0.242 e. The first-order chi connectivity index (χ1) is 13.4. The molecular formula is C19H32N4O4S. The van der Waals surface area contributed by atoms with Crippen LogP contribution in [0.25, 0.3) is 0 Å². The molecule has 0 aliphatic carbocycles. The lowest BCUT2D eigenvalue weighted by Crippen LogP contribution is -2.37. The van der Waals surface area contributed by atoms with Gasteiger partial charge in [-0.3, -0.25) is 4.99 Å². The third-order valence-corrected chi connectivity index (χ3v) is 6.30. The van der Waals surface area contributed by atoms with E-state index in [0.29, 0.717) is 25.7 Å². The Bertz CT molecular complexity index is 714. The maximum Gasteiger partial charge on any atom is 0.242 e. The fourth-order valence-electron chi connectivity index (χ4n) is 2.77. The van der Waals surface area contributed by atoms with E-state index in [0.717, 1.165) is 38.0 Å². The molecule has 0 spiro atoms. The van der Waals surface area contributed by atoms with Crippen LogP contribution in [-0.2, 0) is 26.0 Å². The molecule has 0 amide bonds. The van der Waals surface area contributed by atoms with Crippen molar-refractivity contribution < 1.29 is 17.9 Å². The van der Waals surface area contributed by atoms with Crippen LogP contribution in [0.15, 0.2) is 34.2 Å². The largest absolute Gasteiger partial charge is 0.379 e. The molecule has 1 aromatic rings. The Hall–Kier alpha value is -1.68. The number of sulfonamides is 1. The van der Waals surface area contributed by atoms with Crippen molar-refractivity contribution in [1.29, 1.82) is 0 Å². The maximum absolute atomic E-state index is 12.1. The molecule has 0 radical (unpaired) electrons. The molecule has 1 aliphatic heterocycles. The quantitative estimate of drug-likeness (QED) is 0.341. The molecule has 1 atom stereocenters. The first kappa shape index (κ1) is 22.6. The molecule has 1 heterocycles. The summed E-state index contributed by atoms with van der Waals surface area (Å²) in [4.78, 5) is 4.48. The van der Waals surface area contributed by atoms with E-state index in [1.54, 1.807) is 31.3 Å². The van der Waals surface area contributed by atoms with Crippen LogP contribution in [-0.4, -0.2) is 72.3 Å². The van der Waals surface area contributed by atoms with Crippen molar-refractivity contribution in [3.63, 3.8) is 0 Å². The molecule has 1 unspecified atom stereocenters. The van der Waals surface area contributed by atoms with Gasteiger partial charge in [0.05, 0.1) is 17.6 Å². The summed E-state index contributed by atoms with van der Waals surface area (Å²) >= 11 is 0. The van der Waals surface area contributed by atoms with E-state index in [1.165, 1.54) is 18.4 Å². The fourth-order valence-corrected chi connectivity index (χ4v) is 3.67. The number of rotatable bonds is 10. The molecule has 1 saturated heterocycles. The lowest BCUT2D eigenvalue weighted by molar-refractivity contribution is 0.0168. The van der Waals surface area contributed by atoms with E-state index >= 15 is 0 Å². The van der Waals surface area contributed by atoms with Gasteiger partial charge >= 0.3 is 0 Å². The minimum Gasteiger partial charge on any atom is -0.379 e. The molecule has 0 aromatic heterocycles. The van der Waals surface area contributed by atoms with Gasteiger partial charge in [0, 0.05) is 47.4 Å². The second kappa shape index (κ2) is 11.4. The van der Waals surface area contributed by atoms with Crippen LogP contribution in [0.4, 0.5) is 0 Å². The molecular weight excluding hydrogens is 380 g/mol. The van der Waals surface area contributed by atoms with Gasteiger partial charge in [0.25, 0.3) is 0 Å². The van der Waals surface area contributed by atoms with Gasteiger partial charge in [0.1, 0.15) is 0 Å². The first-order valence-corrected chi connectivity index (χ1v) is 11.0. The topological polar surface area (TPSA) is 92.3 Å². The Morgan fingerprint density at radius 3 is 2.64 bits per heavy atom. The van der Waals surface area contributed by atoms with Gasteiger partial charge in [-0.15, -0.1) is 0 Å². The van der Waals surface area contributed by atoms with E-state index in [-0.39, 0.29) is 11.0 Å². The van der Waals surface area contributed by atoms with Gasteiger partial charge < -0.3 is 20.1 Å². The maximum atomic E-state index is 12.1. The molecule has 158 valence electrons. The zero-order valence-corrected chi connectivity index (χ0v) is 17.8. The Morgan fingerprint density at radius 2 is 2.04 bits per heavy atom. The summed E-state index contributed by atoms with van der Waals surface area (Å²) in [5.74, 6) is 0.698. The minimum atomic E-state index is -3.40. The molecule has 2 N–H and O–H groups in total. The molecule has 0 saturated carbocycles. The number of guanidine groups is 1. The highest BCUT2D eigenvalue weighted by Gasteiger charge is 2.16. The van der Waals surface area contributed by atoms with Crippen molar-refractivity contribution in [3.05, 3.63) is 29.8 Å². The third-order valence-electron chi connectivity index (χ3n) is 4.47. The molecule has 0 bridgehead atoms. The monoisotopic (exact) mass is 412 g/mol. The third kappa shape index (κ3) is 7.05. The van der Waals surface area contributed by atoms with Gasteiger partial charge in [-0.25, -0.2) is 12.7 Å². The van der Waals surface area contributed by atoms with Crippen molar-refractivity contribution >= 4 is 16.0 Å². The summed E-state index contributed by atoms with van der Waals surface area (Å²) in [7, 11) is 1.36. The standard InChI is InChI=1S/C19H32N4O4S/c1-20-19(21-11-5-12-26-15-17-6-4-13-27-17)22-14-16-7-9-18(10-8-16)28(24,25)23(2)3/h7-10,17H,4-6,11-15H2,1-3H3,(H2,20,21,22). The summed E-state index contributed by atoms with van der Waals surface area (Å²) in [5, 5.41) is 6.46. The van der Waals surface area contributed by atoms with Crippen molar-refractivity contribution in [2.45, 2.75) is 36.8 Å². The molecule has 8 nitrogen and oxygen atoms in total. The van der Waals surface area contributed by atoms with Crippen molar-refractivity contribution in [2.24, 2.45) is 4.99 Å². The lowest BCUT2D eigenvalue weighted by Gasteiger charge is -2.14. The van der Waals surface area contributed by atoms with Crippen LogP contribution in [0.2, 0.25) is 0 Å². The Balaban J connectivity index is 1.66. The Labute approximate surface area is 168 Å². The average Bonchev–Trinajstić information content (AvgIpc) is 3.20. The van der Waals surface area contributed by atoms with Gasteiger partial charge in [-0.1, -0.05) is 12.1 Å². The predicted octanol–water partition coefficient (Wildman–Crippen LogP) is 1.19. The number of aliphatic imine (C=N–C) groups is 1. The molecule has 1 aromatic carbocycles. The normalized spacial score (nSPS) is 17.9. The zero-order chi connectivity index (χ0) is 20.4. The summed E-state index contributed by atoms with van der Waals surface area (Å²) < 4.78 is 36.5. The molecule has 1 aliphatic rings. The Morgan fingerprint density at radius 1 is 1.29 bits per heavy atom. The minimum absolute atomic E-state index is 0.265. The zero-order valence-electron chi connectivity index (χ0n) is 17.0. The Kier molecular flexibility index (Phi) is 9.17. The highest BCUT2D eigenvalue weighted by molar-refractivity contribution is 7.89. The van der Waals surface area contributed by atoms with Crippen LogP contribution < -0.4 is 10.6 Å². The van der Waals surface area contributed by atoms with E-state index in [2.05, 4.69) is 15.6 Å². The van der Waals surface area contributed by atoms with Crippen molar-refractivity contribution in [2.75, 3.05) is 47.5 Å². The molecule has 1 fully saturated rings. The molecule has 2 rings (SSSR count). The summed E-state index contributed by atoms with van der Waals surface area (Å²) in [6.07, 6.45) is 3.37. The number of nitrogens with one attached hydrogen (secondary N) is 2. The highest BCUT2D eigenvalue weighted by atomic mass is 32.2. The first-order valence-electron chi connectivity index (χ1n) is 9.59. The summed E-state index contributed by atoms with van der Waals surface area (Å²) in [6.45, 7) is 3.52. The highest BCUT2D eigenvalue weighted by Crippen LogP contribution is 2.14. The van der Waals surface area contributed by atoms with E-state index in [9.17, 15) is 8.42 Å². The molecule has 28 heavy (non-hydrogen) atoms. The van der Waals surface area contributed by atoms with Gasteiger partial charge in [-0.2, -0.15) is 0 Å². The molecule has 9 heteroatoms. The van der Waals surface area contributed by atoms with Crippen LogP contribution >= 0.6 is 0 Å². The van der Waals surface area contributed by atoms with Crippen molar-refractivity contribution in [1.82, 2.24) is 14.9 Å². The van der Waals surface area contributed by atoms with Crippen LogP contribution in [0, 0.1) is 0 Å². The van der Waals surface area contributed by atoms with Crippen LogP contribution in [0.5, 0.6) is 0 Å². The van der Waals surface area contributed by atoms with E-state index in [4.69, 9.17) is 9.47 Å². The second-order valence-electron chi connectivity index (χ2n) is 6.85. The van der Waals surface area contributed by atoms with Gasteiger partial charge in [0.2, 0.25) is 10.0 Å². The van der Waals surface area contributed by atoms with Gasteiger partial charge in [0.15, 0.2) is 5.96 Å². The van der Waals surface area contributed by atoms with Crippen molar-refractivity contribution in [3.8, 4) is 0 Å². The second-order valence-corrected chi connectivity index (χ2v) is 9.00. The summed E-state index contributed by atoms with van der Waals surface area (Å²) in [5.41, 5.74) is 0.973. The number of hydrogen-bond acceptors (Lipinski definition) is 5. The number of hydrogen-bond donors (Lipinski definition) is 2. The number of benzene rings is 1. The van der Waals surface area contributed by atoms with Crippen LogP contribution in [0.1, 0.15) is 24.8 Å². The number of nitrogens with zero attached hydrogens (tertiary/aromatic N) is 2. The van der Waals surface area contributed by atoms with E-state index < -0.39 is 10.0 Å². The fraction of sp³-hybridized carbons (Fsp3) is 0.632. The lowest BCUT2D eigenvalue weighted by atomic mass is 10.2.